The van der Waals surface area contributed by atoms with Crippen molar-refractivity contribution in [3.05, 3.63) is 39.7 Å². The largest absolute Gasteiger partial charge is 0.477 e. The van der Waals surface area contributed by atoms with Gasteiger partial charge in [0.1, 0.15) is 17.1 Å². The molecule has 1 fully saturated rings. The molecule has 3 N–H and O–H groups in total. The van der Waals surface area contributed by atoms with Gasteiger partial charge in [-0.2, -0.15) is 0 Å². The zero-order chi connectivity index (χ0) is 19.2. The number of benzene rings is 1. The number of carbonyl (C=O) groups is 1. The van der Waals surface area contributed by atoms with Gasteiger partial charge >= 0.3 is 5.97 Å². The summed E-state index contributed by atoms with van der Waals surface area (Å²) in [4.78, 5) is 25.2. The Morgan fingerprint density at radius 3 is 2.69 bits per heavy atom. The molecule has 1 aromatic heterocycles. The first-order chi connectivity index (χ1) is 12.3. The molecule has 2 heterocycles. The number of aryl methyl sites for hydroxylation is 1. The van der Waals surface area contributed by atoms with Gasteiger partial charge in [-0.3, -0.25) is 4.79 Å². The monoisotopic (exact) mass is 365 g/mol. The van der Waals surface area contributed by atoms with Crippen molar-refractivity contribution < 1.29 is 18.7 Å². The second-order valence-electron chi connectivity index (χ2n) is 6.73. The van der Waals surface area contributed by atoms with Crippen molar-refractivity contribution in [3.63, 3.8) is 0 Å². The number of fused-ring (bicyclic) bond motifs is 1. The van der Waals surface area contributed by atoms with Gasteiger partial charge in [-0.1, -0.05) is 0 Å². The number of nitrogens with zero attached hydrogens (tertiary/aromatic N) is 2. The molecule has 1 aromatic carbocycles. The molecule has 2 aromatic rings. The van der Waals surface area contributed by atoms with Crippen LogP contribution in [0.15, 0.2) is 17.1 Å². The number of hydrogen-bond acceptors (Lipinski definition) is 4. The number of carboxylic acid groups (broad SMARTS) is 1. The van der Waals surface area contributed by atoms with Gasteiger partial charge in [0, 0.05) is 31.9 Å². The fourth-order valence-corrected chi connectivity index (χ4v) is 3.59. The number of anilines is 1. The number of carboxylic acids is 1. The fourth-order valence-electron chi connectivity index (χ4n) is 3.59. The first-order valence-corrected chi connectivity index (χ1v) is 8.55. The predicted molar refractivity (Wildman–Crippen MR) is 94.7 cm³/mol. The maximum absolute atomic E-state index is 15.3. The second-order valence-corrected chi connectivity index (χ2v) is 6.73. The van der Waals surface area contributed by atoms with E-state index in [0.29, 0.717) is 13.1 Å². The topological polar surface area (TPSA) is 88.6 Å². The summed E-state index contributed by atoms with van der Waals surface area (Å²) in [6.07, 6.45) is 1.83. The van der Waals surface area contributed by atoms with Crippen molar-refractivity contribution in [3.8, 4) is 0 Å². The van der Waals surface area contributed by atoms with E-state index in [9.17, 15) is 19.1 Å². The van der Waals surface area contributed by atoms with Crippen molar-refractivity contribution in [1.82, 2.24) is 4.57 Å². The van der Waals surface area contributed by atoms with E-state index in [4.69, 9.17) is 5.73 Å². The molecule has 1 aliphatic rings. The van der Waals surface area contributed by atoms with Crippen LogP contribution in [0.2, 0.25) is 0 Å². The van der Waals surface area contributed by atoms with E-state index in [1.54, 1.807) is 11.8 Å². The Bertz CT molecular complexity index is 940. The lowest BCUT2D eigenvalue weighted by Gasteiger charge is -2.23. The van der Waals surface area contributed by atoms with Crippen molar-refractivity contribution in [2.75, 3.05) is 18.0 Å². The van der Waals surface area contributed by atoms with Gasteiger partial charge in [0.15, 0.2) is 5.82 Å². The minimum atomic E-state index is -1.43. The number of rotatable bonds is 4. The van der Waals surface area contributed by atoms with Gasteiger partial charge in [0.2, 0.25) is 5.43 Å². The van der Waals surface area contributed by atoms with Gasteiger partial charge in [-0.15, -0.1) is 0 Å². The third-order valence-corrected chi connectivity index (χ3v) is 5.09. The number of aromatic carboxylic acids is 1. The van der Waals surface area contributed by atoms with Crippen LogP contribution in [0, 0.1) is 17.6 Å². The quantitative estimate of drug-likeness (QED) is 0.867. The summed E-state index contributed by atoms with van der Waals surface area (Å²) in [5.41, 5.74) is 4.23. The Balaban J connectivity index is 2.24. The van der Waals surface area contributed by atoms with Crippen molar-refractivity contribution in [2.45, 2.75) is 32.9 Å². The van der Waals surface area contributed by atoms with Crippen LogP contribution in [0.4, 0.5) is 14.5 Å². The van der Waals surface area contributed by atoms with Crippen LogP contribution < -0.4 is 16.1 Å². The zero-order valence-electron chi connectivity index (χ0n) is 14.6. The summed E-state index contributed by atoms with van der Waals surface area (Å²) in [6.45, 7) is 4.70. The molecule has 8 heteroatoms. The van der Waals surface area contributed by atoms with E-state index in [0.717, 1.165) is 18.7 Å². The van der Waals surface area contributed by atoms with E-state index in [1.165, 1.54) is 4.57 Å². The summed E-state index contributed by atoms with van der Waals surface area (Å²) >= 11 is 0. The summed E-state index contributed by atoms with van der Waals surface area (Å²) in [5.74, 6) is -3.01. The number of halogens is 2. The van der Waals surface area contributed by atoms with E-state index in [2.05, 4.69) is 0 Å². The fraction of sp³-hybridized carbons (Fsp3) is 0.444. The zero-order valence-corrected chi connectivity index (χ0v) is 14.6. The van der Waals surface area contributed by atoms with E-state index in [-0.39, 0.29) is 35.1 Å². The highest BCUT2D eigenvalue weighted by Crippen LogP contribution is 2.33. The third kappa shape index (κ3) is 2.84. The Hall–Kier alpha value is -2.48. The highest BCUT2D eigenvalue weighted by molar-refractivity contribution is 5.93. The molecule has 0 bridgehead atoms. The average molecular weight is 365 g/mol. The van der Waals surface area contributed by atoms with Crippen molar-refractivity contribution in [1.29, 1.82) is 0 Å². The molecule has 3 rings (SSSR count). The molecule has 0 unspecified atom stereocenters. The average Bonchev–Trinajstić information content (AvgIpc) is 3.05. The minimum absolute atomic E-state index is 0.0804. The van der Waals surface area contributed by atoms with Crippen LogP contribution in [0.25, 0.3) is 10.9 Å². The van der Waals surface area contributed by atoms with Crippen LogP contribution in [-0.4, -0.2) is 34.8 Å². The molecule has 140 valence electrons. The molecule has 0 radical (unpaired) electrons. The smallest absolute Gasteiger partial charge is 0.341 e. The number of nitrogens with two attached hydrogens (primary N) is 1. The number of hydrogen-bond donors (Lipinski definition) is 2. The first-order valence-electron chi connectivity index (χ1n) is 8.55. The summed E-state index contributed by atoms with van der Waals surface area (Å²) in [7, 11) is 0. The van der Waals surface area contributed by atoms with Crippen molar-refractivity contribution >= 4 is 22.6 Å². The Morgan fingerprint density at radius 2 is 2.15 bits per heavy atom. The second kappa shape index (κ2) is 6.68. The molecule has 0 saturated carbocycles. The maximum Gasteiger partial charge on any atom is 0.341 e. The summed E-state index contributed by atoms with van der Waals surface area (Å²) in [5, 5.41) is 8.90. The van der Waals surface area contributed by atoms with Crippen LogP contribution in [0.1, 0.15) is 30.6 Å². The molecule has 26 heavy (non-hydrogen) atoms. The SMILES string of the molecule is CCn1cc(C(=O)O)c(=O)c2cc(F)c(N3CC[C@@H]([C@H](C)N)C3)c(F)c21. The maximum atomic E-state index is 15.3. The number of aromatic nitrogens is 1. The Labute approximate surface area is 148 Å². The van der Waals surface area contributed by atoms with E-state index >= 15 is 4.39 Å². The molecule has 0 spiro atoms. The minimum Gasteiger partial charge on any atom is -0.477 e. The van der Waals surface area contributed by atoms with Gasteiger partial charge in [0.25, 0.3) is 0 Å². The Kier molecular flexibility index (Phi) is 4.70. The van der Waals surface area contributed by atoms with E-state index < -0.39 is 28.6 Å². The van der Waals surface area contributed by atoms with Gasteiger partial charge in [0.05, 0.1) is 10.9 Å². The molecule has 0 aliphatic carbocycles. The van der Waals surface area contributed by atoms with Crippen LogP contribution in [0.5, 0.6) is 0 Å². The van der Waals surface area contributed by atoms with Crippen LogP contribution in [0.3, 0.4) is 0 Å². The predicted octanol–water partition coefficient (Wildman–Crippen LogP) is 2.17. The molecule has 6 nitrogen and oxygen atoms in total. The standard InChI is InChI=1S/C18H21F2N3O3/c1-3-22-8-12(18(25)26)17(24)11-6-13(19)16(14(20)15(11)22)23-5-4-10(7-23)9(2)21/h6,8-10H,3-5,7,21H2,1-2H3,(H,25,26)/t9-,10+/m0/s1. The molecular formula is C18H21F2N3O3. The van der Waals surface area contributed by atoms with Crippen molar-refractivity contribution in [2.24, 2.45) is 11.7 Å². The van der Waals surface area contributed by atoms with Gasteiger partial charge in [-0.05, 0) is 32.3 Å². The van der Waals surface area contributed by atoms with E-state index in [1.807, 2.05) is 6.92 Å². The molecular weight excluding hydrogens is 344 g/mol. The van der Waals surface area contributed by atoms with Gasteiger partial charge < -0.3 is 20.3 Å². The molecule has 2 atom stereocenters. The molecule has 0 amide bonds. The Morgan fingerprint density at radius 1 is 1.46 bits per heavy atom. The summed E-state index contributed by atoms with van der Waals surface area (Å²) in [6, 6.07) is 0.854. The number of pyridine rings is 1. The van der Waals surface area contributed by atoms with Crippen LogP contribution >= 0.6 is 0 Å². The third-order valence-electron chi connectivity index (χ3n) is 5.09. The normalized spacial score (nSPS) is 18.5. The van der Waals surface area contributed by atoms with Gasteiger partial charge in [-0.25, -0.2) is 13.6 Å². The first kappa shape index (κ1) is 18.3. The highest BCUT2D eigenvalue weighted by Gasteiger charge is 2.31. The van der Waals surface area contributed by atoms with Crippen LogP contribution in [-0.2, 0) is 6.54 Å². The highest BCUT2D eigenvalue weighted by atomic mass is 19.1. The lowest BCUT2D eigenvalue weighted by molar-refractivity contribution is 0.0695. The lowest BCUT2D eigenvalue weighted by Crippen LogP contribution is -2.30. The lowest BCUT2D eigenvalue weighted by atomic mass is 10.0. The summed E-state index contributed by atoms with van der Waals surface area (Å²) < 4.78 is 31.3. The molecule has 1 aliphatic heterocycles. The molecule has 1 saturated heterocycles.